The number of nitrogens with zero attached hydrogens (tertiary/aromatic N) is 1. The lowest BCUT2D eigenvalue weighted by molar-refractivity contribution is 0.0799. The van der Waals surface area contributed by atoms with Crippen molar-refractivity contribution in [2.45, 2.75) is 26.2 Å². The second kappa shape index (κ2) is 15.8. The van der Waals surface area contributed by atoms with Gasteiger partial charge in [-0.25, -0.2) is 0 Å². The van der Waals surface area contributed by atoms with Crippen LogP contribution in [0.25, 0.3) is 44.6 Å². The highest BCUT2D eigenvalue weighted by Gasteiger charge is 2.12. The number of rotatable bonds is 15. The molecule has 0 bridgehead atoms. The predicted octanol–water partition coefficient (Wildman–Crippen LogP) is 7.35. The normalized spacial score (nSPS) is 12.6. The van der Waals surface area contributed by atoms with Gasteiger partial charge < -0.3 is 28.5 Å². The van der Waals surface area contributed by atoms with E-state index in [4.69, 9.17) is 23.0 Å². The van der Waals surface area contributed by atoms with Gasteiger partial charge in [0.05, 0.1) is 37.1 Å². The van der Waals surface area contributed by atoms with Gasteiger partial charge in [0.1, 0.15) is 40.8 Å². The van der Waals surface area contributed by atoms with Gasteiger partial charge in [0.2, 0.25) is 0 Å². The van der Waals surface area contributed by atoms with E-state index >= 15 is 0 Å². The average Bonchev–Trinajstić information content (AvgIpc) is 3.61. The number of hydrogen-bond donors (Lipinski definition) is 2. The van der Waals surface area contributed by atoms with Crippen LogP contribution in [0.4, 0.5) is 0 Å². The number of unbranched alkanes of at least 4 members (excludes halogenated alkanes) is 1. The van der Waals surface area contributed by atoms with Crippen LogP contribution in [0.3, 0.4) is 0 Å². The molecule has 2 N–H and O–H groups in total. The van der Waals surface area contributed by atoms with Crippen LogP contribution in [0.5, 0.6) is 11.5 Å². The molecule has 0 saturated carbocycles. The Morgan fingerprint density at radius 3 is 2.02 bits per heavy atom. The Labute approximate surface area is 294 Å². The van der Waals surface area contributed by atoms with Crippen molar-refractivity contribution < 1.29 is 23.0 Å². The molecule has 51 heavy (non-hydrogen) atoms. The van der Waals surface area contributed by atoms with Gasteiger partial charge in [-0.15, -0.1) is 5.53 Å². The summed E-state index contributed by atoms with van der Waals surface area (Å²) < 4.78 is 29.4. The van der Waals surface area contributed by atoms with Crippen molar-refractivity contribution in [3.63, 3.8) is 0 Å². The minimum atomic E-state index is -0.0653. The zero-order valence-electron chi connectivity index (χ0n) is 28.4. The quantitative estimate of drug-likeness (QED) is 0.106. The molecule has 260 valence electrons. The maximum atomic E-state index is 12.6. The van der Waals surface area contributed by atoms with E-state index in [1.807, 2.05) is 90.8 Å². The molecule has 3 heterocycles. The zero-order chi connectivity index (χ0) is 35.0. The molecule has 10 nitrogen and oxygen atoms in total. The van der Waals surface area contributed by atoms with Gasteiger partial charge in [-0.3, -0.25) is 14.6 Å². The first kappa shape index (κ1) is 33.6. The monoisotopic (exact) mass is 685 g/mol. The molecule has 0 amide bonds. The minimum Gasteiger partial charge on any atom is -0.494 e. The van der Waals surface area contributed by atoms with Crippen molar-refractivity contribution in [3.8, 4) is 34.1 Å². The third-order valence-corrected chi connectivity index (χ3v) is 8.55. The van der Waals surface area contributed by atoms with Crippen LogP contribution in [0.15, 0.2) is 133 Å². The fourth-order valence-corrected chi connectivity index (χ4v) is 5.82. The first-order valence-corrected chi connectivity index (χ1v) is 17.1. The highest BCUT2D eigenvalue weighted by atomic mass is 16.5. The van der Waals surface area contributed by atoms with Crippen LogP contribution >= 0.6 is 0 Å². The average molecular weight is 686 g/mol. The minimum absolute atomic E-state index is 0.0488. The SMILES string of the molecule is Cc1ccc2oc(-c3ccc(OCCCCC4=CN(CCOCCOc5ccc(-c6cc(=O)c7ccccc7o6)cc5)NN4)cc3)cc(=O)c2c1. The molecule has 10 heteroatoms. The van der Waals surface area contributed by atoms with Gasteiger partial charge in [-0.1, -0.05) is 23.8 Å². The second-order valence-corrected chi connectivity index (χ2v) is 12.3. The van der Waals surface area contributed by atoms with Gasteiger partial charge in [-0.05, 0) is 99.0 Å². The van der Waals surface area contributed by atoms with Crippen molar-refractivity contribution in [2.24, 2.45) is 0 Å². The number of aryl methyl sites for hydroxylation is 1. The van der Waals surface area contributed by atoms with E-state index in [9.17, 15) is 9.59 Å². The number of fused-ring (bicyclic) bond motifs is 2. The maximum absolute atomic E-state index is 12.6. The lowest BCUT2D eigenvalue weighted by Gasteiger charge is -2.15. The Morgan fingerprint density at radius 1 is 0.647 bits per heavy atom. The fraction of sp³-hybridized carbons (Fsp3) is 0.220. The van der Waals surface area contributed by atoms with Gasteiger partial charge in [0.15, 0.2) is 10.9 Å². The van der Waals surface area contributed by atoms with E-state index in [-0.39, 0.29) is 10.9 Å². The molecule has 7 rings (SSSR count). The Morgan fingerprint density at radius 2 is 1.29 bits per heavy atom. The van der Waals surface area contributed by atoms with E-state index < -0.39 is 0 Å². The van der Waals surface area contributed by atoms with Gasteiger partial charge >= 0.3 is 0 Å². The number of hydrazine groups is 2. The summed E-state index contributed by atoms with van der Waals surface area (Å²) in [5.41, 5.74) is 11.2. The topological polar surface area (TPSA) is 115 Å². The van der Waals surface area contributed by atoms with Crippen LogP contribution < -0.4 is 31.3 Å². The lowest BCUT2D eigenvalue weighted by Crippen LogP contribution is -2.38. The van der Waals surface area contributed by atoms with E-state index in [1.54, 1.807) is 18.2 Å². The zero-order valence-corrected chi connectivity index (χ0v) is 28.4. The first-order chi connectivity index (χ1) is 25.0. The molecule has 4 aromatic carbocycles. The molecule has 6 aromatic rings. The molecular weight excluding hydrogens is 646 g/mol. The molecule has 0 fully saturated rings. The molecule has 1 aliphatic heterocycles. The summed E-state index contributed by atoms with van der Waals surface area (Å²) in [6.07, 6.45) is 4.84. The fourth-order valence-electron chi connectivity index (χ4n) is 5.82. The van der Waals surface area contributed by atoms with Crippen molar-refractivity contribution in [3.05, 3.63) is 141 Å². The molecule has 0 radical (unpaired) electrons. The van der Waals surface area contributed by atoms with E-state index in [0.717, 1.165) is 53.1 Å². The van der Waals surface area contributed by atoms with E-state index in [2.05, 4.69) is 17.2 Å². The summed E-state index contributed by atoms with van der Waals surface area (Å²) in [5, 5.41) is 3.13. The Hall–Kier alpha value is -5.84. The summed E-state index contributed by atoms with van der Waals surface area (Å²) in [6.45, 7) is 4.67. The highest BCUT2D eigenvalue weighted by molar-refractivity contribution is 5.80. The molecule has 0 unspecified atom stereocenters. The number of hydrogen-bond acceptors (Lipinski definition) is 10. The lowest BCUT2D eigenvalue weighted by atomic mass is 10.1. The third-order valence-electron chi connectivity index (χ3n) is 8.55. The molecule has 0 saturated heterocycles. The maximum Gasteiger partial charge on any atom is 0.193 e. The summed E-state index contributed by atoms with van der Waals surface area (Å²) in [6, 6.07) is 31.0. The van der Waals surface area contributed by atoms with Crippen LogP contribution in [0.2, 0.25) is 0 Å². The Kier molecular flexibility index (Phi) is 10.4. The number of benzene rings is 4. The standard InChI is InChI=1S/C41H39N3O7/c1-28-9-18-39-35(24-28)37(46)26-41(51-39)30-10-14-32(15-11-30)48-20-5-4-6-31-27-44(43-42-31)19-21-47-22-23-49-33-16-12-29(13-17-33)40-25-36(45)34-7-2-3-8-38(34)50-40/h2-3,7-18,24-27,42-43H,4-6,19-23H2,1H3. The van der Waals surface area contributed by atoms with Crippen LogP contribution in [-0.2, 0) is 4.74 Å². The first-order valence-electron chi connectivity index (χ1n) is 17.1. The summed E-state index contributed by atoms with van der Waals surface area (Å²) in [5.74, 6) is 2.56. The molecule has 1 aliphatic rings. The number of ether oxygens (including phenoxy) is 3. The smallest absolute Gasteiger partial charge is 0.193 e. The molecule has 0 spiro atoms. The van der Waals surface area contributed by atoms with Crippen LogP contribution in [-0.4, -0.2) is 38.0 Å². The van der Waals surface area contributed by atoms with E-state index in [1.165, 1.54) is 6.07 Å². The predicted molar refractivity (Wildman–Crippen MR) is 197 cm³/mol. The molecular formula is C41H39N3O7. The number of para-hydroxylation sites is 1. The van der Waals surface area contributed by atoms with Crippen molar-refractivity contribution in [1.82, 2.24) is 16.0 Å². The van der Waals surface area contributed by atoms with Crippen molar-refractivity contribution in [1.29, 1.82) is 0 Å². The van der Waals surface area contributed by atoms with Crippen LogP contribution in [0, 0.1) is 6.92 Å². The van der Waals surface area contributed by atoms with Crippen molar-refractivity contribution in [2.75, 3.05) is 33.0 Å². The summed E-state index contributed by atoms with van der Waals surface area (Å²) in [7, 11) is 0. The van der Waals surface area contributed by atoms with Gasteiger partial charge in [0, 0.05) is 35.2 Å². The number of allylic oxidation sites excluding steroid dienone is 1. The summed E-state index contributed by atoms with van der Waals surface area (Å²) in [4.78, 5) is 25.0. The third kappa shape index (κ3) is 8.49. The summed E-state index contributed by atoms with van der Waals surface area (Å²) >= 11 is 0. The second-order valence-electron chi connectivity index (χ2n) is 12.3. The number of nitrogens with one attached hydrogen (secondary N) is 2. The van der Waals surface area contributed by atoms with Crippen LogP contribution in [0.1, 0.15) is 24.8 Å². The van der Waals surface area contributed by atoms with Gasteiger partial charge in [-0.2, -0.15) is 0 Å². The van der Waals surface area contributed by atoms with E-state index in [0.29, 0.717) is 66.4 Å². The molecule has 0 aliphatic carbocycles. The largest absolute Gasteiger partial charge is 0.494 e. The molecule has 0 atom stereocenters. The highest BCUT2D eigenvalue weighted by Crippen LogP contribution is 2.26. The van der Waals surface area contributed by atoms with Crippen molar-refractivity contribution >= 4 is 21.9 Å². The Balaban J connectivity index is 0.762. The Bertz CT molecular complexity index is 2260. The molecule has 2 aromatic heterocycles. The van der Waals surface area contributed by atoms with Gasteiger partial charge in [0.25, 0.3) is 0 Å².